The minimum atomic E-state index is -4.78. The van der Waals surface area contributed by atoms with Gasteiger partial charge in [-0.1, -0.05) is 155 Å². The summed E-state index contributed by atoms with van der Waals surface area (Å²) in [5, 5.41) is 19.1. The lowest BCUT2D eigenvalue weighted by molar-refractivity contribution is -0.161. The molecule has 0 saturated carbocycles. The molecule has 0 spiro atoms. The Kier molecular flexibility index (Phi) is 40.3. The van der Waals surface area contributed by atoms with E-state index in [-0.39, 0.29) is 12.8 Å². The van der Waals surface area contributed by atoms with Crippen LogP contribution in [0, 0.1) is 0 Å². The average Bonchev–Trinajstić information content (AvgIpc) is 3.26. The highest BCUT2D eigenvalue weighted by Crippen LogP contribution is 2.43. The number of carbonyl (C=O) groups excluding carboxylic acids is 2. The molecule has 0 amide bonds. The van der Waals surface area contributed by atoms with Gasteiger partial charge >= 0.3 is 25.7 Å². The van der Waals surface area contributed by atoms with Crippen LogP contribution in [0.5, 0.6) is 0 Å². The quantitative estimate of drug-likeness (QED) is 0.0150. The highest BCUT2D eigenvalue weighted by atomic mass is 31.2. The molecule has 13 heteroatoms. The number of esters is 2. The van der Waals surface area contributed by atoms with Crippen LogP contribution in [0.3, 0.4) is 0 Å². The van der Waals surface area contributed by atoms with Gasteiger partial charge in [0, 0.05) is 12.8 Å². The molecule has 2 unspecified atom stereocenters. The van der Waals surface area contributed by atoms with Crippen molar-refractivity contribution in [1.82, 2.24) is 0 Å². The van der Waals surface area contributed by atoms with Gasteiger partial charge in [-0.2, -0.15) is 0 Å². The number of hydrogen-bond donors (Lipinski definition) is 4. The molecule has 0 aromatic rings. The molecule has 0 rings (SSSR count). The van der Waals surface area contributed by atoms with Gasteiger partial charge in [-0.15, -0.1) is 0 Å². The van der Waals surface area contributed by atoms with Crippen LogP contribution in [-0.4, -0.2) is 71.1 Å². The second kappa shape index (κ2) is 43.1. The number of aliphatic hydroxyl groups excluding tert-OH is 1. The highest BCUT2D eigenvalue weighted by molar-refractivity contribution is 7.47. The van der Waals surface area contributed by atoms with Crippen molar-refractivity contribution in [3.8, 4) is 0 Å². The number of carbonyl (C=O) groups is 3. The summed E-state index contributed by atoms with van der Waals surface area (Å²) in [4.78, 5) is 46.0. The Morgan fingerprint density at radius 3 is 1.68 bits per heavy atom. The topological polar surface area (TPSA) is 192 Å². The SMILES string of the molecule is CC/C=C\C/C=C\C/C=C\C/C=C\C=C/C(O)C/C=C\CCC(=O)OC[C@H](COP(=O)(O)OC[C@H](N)C(=O)O)OC(=O)CCCCC/C=C\C/C=C\C/C=C\C/C=C\CCCCC. The monoisotopic (exact) mass is 900 g/mol. The number of aliphatic hydroxyl groups is 1. The lowest BCUT2D eigenvalue weighted by Crippen LogP contribution is -2.34. The second-order valence-corrected chi connectivity index (χ2v) is 16.1. The molecule has 4 atom stereocenters. The maximum absolute atomic E-state index is 12.6. The van der Waals surface area contributed by atoms with Gasteiger partial charge in [-0.05, 0) is 89.9 Å². The summed E-state index contributed by atoms with van der Waals surface area (Å²) >= 11 is 0. The summed E-state index contributed by atoms with van der Waals surface area (Å²) in [5.41, 5.74) is 5.32. The number of phosphoric acid groups is 1. The predicted molar refractivity (Wildman–Crippen MR) is 255 cm³/mol. The van der Waals surface area contributed by atoms with Gasteiger partial charge < -0.3 is 30.3 Å². The first-order valence-electron chi connectivity index (χ1n) is 22.7. The summed E-state index contributed by atoms with van der Waals surface area (Å²) in [6, 6.07) is -1.56. The maximum Gasteiger partial charge on any atom is 0.472 e. The molecule has 0 heterocycles. The van der Waals surface area contributed by atoms with Crippen LogP contribution in [0.1, 0.15) is 136 Å². The standard InChI is InChI=1S/C50H78NO11P/c1-3-5-7-9-11-13-15-17-18-19-20-21-22-24-26-28-30-32-36-41-49(54)62-46(43-60-63(57,58)61-44-47(51)50(55)56)42-59-48(53)40-37-33-35-39-45(52)38-34-31-29-27-25-23-16-14-12-10-8-6-4-2/h6,8,11-14,17-18,20-21,23-26,29,31,33-35,38,45-47,52H,3-5,7,9-10,15-16,19,22,27-28,30,32,36-37,39-44,51H2,1-2H3,(H,55,56)(H,57,58)/b8-6-,13-11-,14-12-,18-17-,21-20-,25-23-,26-24-,31-29-,35-33-,38-34-/t45?,46-,47+/m1/s1. The Labute approximate surface area is 378 Å². The molecule has 0 radical (unpaired) electrons. The van der Waals surface area contributed by atoms with Crippen molar-refractivity contribution < 1.29 is 52.6 Å². The number of phosphoric ester groups is 1. The molecule has 63 heavy (non-hydrogen) atoms. The van der Waals surface area contributed by atoms with Crippen LogP contribution in [0.4, 0.5) is 0 Å². The van der Waals surface area contributed by atoms with Crippen LogP contribution in [0.2, 0.25) is 0 Å². The molecule has 354 valence electrons. The summed E-state index contributed by atoms with van der Waals surface area (Å²) in [6.45, 7) is 2.43. The van der Waals surface area contributed by atoms with Crippen molar-refractivity contribution in [3.05, 3.63) is 122 Å². The van der Waals surface area contributed by atoms with Crippen molar-refractivity contribution >= 4 is 25.7 Å². The molecule has 0 fully saturated rings. The molecular weight excluding hydrogens is 822 g/mol. The van der Waals surface area contributed by atoms with Crippen molar-refractivity contribution in [2.45, 2.75) is 154 Å². The van der Waals surface area contributed by atoms with Gasteiger partial charge in [0.25, 0.3) is 0 Å². The first-order valence-corrected chi connectivity index (χ1v) is 24.2. The fourth-order valence-corrected chi connectivity index (χ4v) is 5.99. The van der Waals surface area contributed by atoms with E-state index in [0.717, 1.165) is 70.6 Å². The number of hydrogen-bond acceptors (Lipinski definition) is 10. The smallest absolute Gasteiger partial charge is 0.472 e. The Morgan fingerprint density at radius 1 is 0.587 bits per heavy atom. The molecule has 0 aliphatic rings. The third-order valence-electron chi connectivity index (χ3n) is 8.79. The van der Waals surface area contributed by atoms with Crippen LogP contribution in [0.15, 0.2) is 122 Å². The van der Waals surface area contributed by atoms with E-state index in [4.69, 9.17) is 24.8 Å². The fraction of sp³-hybridized carbons (Fsp3) is 0.540. The predicted octanol–water partition coefficient (Wildman–Crippen LogP) is 11.4. The highest BCUT2D eigenvalue weighted by Gasteiger charge is 2.28. The zero-order chi connectivity index (χ0) is 46.5. The van der Waals surface area contributed by atoms with Gasteiger partial charge in [0.15, 0.2) is 6.10 Å². The number of aliphatic carboxylic acids is 1. The van der Waals surface area contributed by atoms with E-state index in [2.05, 4.69) is 103 Å². The molecule has 12 nitrogen and oxygen atoms in total. The van der Waals surface area contributed by atoms with E-state index in [0.29, 0.717) is 19.3 Å². The Balaban J connectivity index is 4.64. The van der Waals surface area contributed by atoms with Crippen LogP contribution < -0.4 is 5.73 Å². The molecule has 0 aromatic heterocycles. The van der Waals surface area contributed by atoms with Gasteiger partial charge in [0.05, 0.1) is 19.3 Å². The van der Waals surface area contributed by atoms with Crippen LogP contribution in [-0.2, 0) is 37.5 Å². The number of carboxylic acids is 1. The summed E-state index contributed by atoms with van der Waals surface area (Å²) in [5.74, 6) is -2.64. The molecular formula is C50H78NO11P. The lowest BCUT2D eigenvalue weighted by atomic mass is 10.1. The molecule has 0 aliphatic heterocycles. The largest absolute Gasteiger partial charge is 0.480 e. The molecule has 0 saturated heterocycles. The Bertz CT molecular complexity index is 1540. The van der Waals surface area contributed by atoms with Gasteiger partial charge in [0.2, 0.25) is 0 Å². The number of unbranched alkanes of at least 4 members (excludes halogenated alkanes) is 6. The van der Waals surface area contributed by atoms with E-state index in [9.17, 15) is 28.9 Å². The lowest BCUT2D eigenvalue weighted by Gasteiger charge is -2.20. The molecule has 0 aliphatic carbocycles. The van der Waals surface area contributed by atoms with Gasteiger partial charge in [-0.25, -0.2) is 4.57 Å². The number of carboxylic acid groups (broad SMARTS) is 1. The minimum absolute atomic E-state index is 0.0000316. The third-order valence-corrected chi connectivity index (χ3v) is 9.74. The number of ether oxygens (including phenoxy) is 2. The zero-order valence-electron chi connectivity index (χ0n) is 38.0. The molecule has 5 N–H and O–H groups in total. The Morgan fingerprint density at radius 2 is 1.11 bits per heavy atom. The van der Waals surface area contributed by atoms with Gasteiger partial charge in [-0.3, -0.25) is 23.4 Å². The summed E-state index contributed by atoms with van der Waals surface area (Å²) in [7, 11) is -4.78. The first-order chi connectivity index (χ1) is 30.5. The summed E-state index contributed by atoms with van der Waals surface area (Å²) in [6.07, 6.45) is 54.4. The van der Waals surface area contributed by atoms with Crippen molar-refractivity contribution in [1.29, 1.82) is 0 Å². The van der Waals surface area contributed by atoms with E-state index < -0.39 is 63.8 Å². The zero-order valence-corrected chi connectivity index (χ0v) is 38.9. The average molecular weight is 900 g/mol. The first kappa shape index (κ1) is 58.8. The third kappa shape index (κ3) is 42.9. The van der Waals surface area contributed by atoms with Crippen LogP contribution in [0.25, 0.3) is 0 Å². The summed E-state index contributed by atoms with van der Waals surface area (Å²) < 4.78 is 32.6. The van der Waals surface area contributed by atoms with Crippen LogP contribution >= 0.6 is 7.82 Å². The number of nitrogens with two attached hydrogens (primary N) is 1. The van der Waals surface area contributed by atoms with Crippen molar-refractivity contribution in [3.63, 3.8) is 0 Å². The van der Waals surface area contributed by atoms with E-state index in [1.54, 1.807) is 24.3 Å². The van der Waals surface area contributed by atoms with Crippen molar-refractivity contribution in [2.24, 2.45) is 5.73 Å². The molecule has 0 aromatic carbocycles. The van der Waals surface area contributed by atoms with E-state index in [1.807, 2.05) is 12.2 Å². The number of allylic oxidation sites excluding steroid dienone is 18. The van der Waals surface area contributed by atoms with Gasteiger partial charge in [0.1, 0.15) is 12.6 Å². The van der Waals surface area contributed by atoms with E-state index >= 15 is 0 Å². The normalized spacial score (nSPS) is 15.3. The maximum atomic E-state index is 12.6. The number of rotatable bonds is 40. The minimum Gasteiger partial charge on any atom is -0.480 e. The Hall–Kier alpha value is -4.16. The molecule has 0 bridgehead atoms. The van der Waals surface area contributed by atoms with E-state index in [1.165, 1.54) is 19.3 Å². The second-order valence-electron chi connectivity index (χ2n) is 14.6. The van der Waals surface area contributed by atoms with Crippen molar-refractivity contribution in [2.75, 3.05) is 19.8 Å². The fourth-order valence-electron chi connectivity index (χ4n) is 5.21.